The van der Waals surface area contributed by atoms with Gasteiger partial charge in [-0.1, -0.05) is 42.0 Å². The lowest BCUT2D eigenvalue weighted by atomic mass is 9.91. The maximum Gasteiger partial charge on any atom is 0.352 e. The molecule has 0 aliphatic carbocycles. The van der Waals surface area contributed by atoms with Crippen molar-refractivity contribution < 1.29 is 13.2 Å². The van der Waals surface area contributed by atoms with E-state index in [-0.39, 0.29) is 24.4 Å². The summed E-state index contributed by atoms with van der Waals surface area (Å²) in [6.45, 7) is 4.21. The third-order valence-corrected chi connectivity index (χ3v) is 10.2. The number of thiophene rings is 1. The average molecular weight is 565 g/mol. The maximum absolute atomic E-state index is 14.0. The Bertz CT molecular complexity index is 1770. The Morgan fingerprint density at radius 2 is 1.67 bits per heavy atom. The van der Waals surface area contributed by atoms with Crippen LogP contribution in [0.5, 0.6) is 0 Å². The van der Waals surface area contributed by atoms with E-state index in [0.717, 1.165) is 10.4 Å². The molecular formula is C28H28N4O5S2. The van der Waals surface area contributed by atoms with E-state index in [0.29, 0.717) is 23.6 Å². The van der Waals surface area contributed by atoms with Crippen molar-refractivity contribution in [3.8, 4) is 5.69 Å². The quantitative estimate of drug-likeness (QED) is 0.355. The lowest BCUT2D eigenvalue weighted by molar-refractivity contribution is 0.149. The van der Waals surface area contributed by atoms with Crippen molar-refractivity contribution in [3.63, 3.8) is 0 Å². The van der Waals surface area contributed by atoms with Gasteiger partial charge in [0, 0.05) is 17.0 Å². The highest BCUT2D eigenvalue weighted by atomic mass is 32.2. The Morgan fingerprint density at radius 1 is 0.923 bits per heavy atom. The molecule has 9 nitrogen and oxygen atoms in total. The van der Waals surface area contributed by atoms with Gasteiger partial charge >= 0.3 is 11.4 Å². The molecule has 2 aliphatic heterocycles. The second-order valence-electron chi connectivity index (χ2n) is 9.67. The van der Waals surface area contributed by atoms with Gasteiger partial charge in [-0.2, -0.15) is 4.31 Å². The number of hydrogen-bond acceptors (Lipinski definition) is 6. The highest BCUT2D eigenvalue weighted by molar-refractivity contribution is 7.89. The summed E-state index contributed by atoms with van der Waals surface area (Å²) in [6, 6.07) is 18.4. The molecule has 0 unspecified atom stereocenters. The van der Waals surface area contributed by atoms with Gasteiger partial charge in [0.25, 0.3) is 0 Å². The minimum atomic E-state index is -3.89. The van der Waals surface area contributed by atoms with Crippen LogP contribution in [0.3, 0.4) is 0 Å². The third kappa shape index (κ3) is 4.21. The first-order chi connectivity index (χ1) is 18.8. The summed E-state index contributed by atoms with van der Waals surface area (Å²) >= 11 is 1.47. The van der Waals surface area contributed by atoms with Gasteiger partial charge < -0.3 is 4.74 Å². The second-order valence-corrected chi connectivity index (χ2v) is 12.5. The van der Waals surface area contributed by atoms with Crippen LogP contribution in [0.2, 0.25) is 0 Å². The number of piperidine rings is 1. The van der Waals surface area contributed by atoms with Gasteiger partial charge in [-0.3, -0.25) is 0 Å². The summed E-state index contributed by atoms with van der Waals surface area (Å²) in [5, 5.41) is 1.91. The van der Waals surface area contributed by atoms with Crippen LogP contribution < -0.4 is 11.4 Å². The van der Waals surface area contributed by atoms with Crippen LogP contribution in [0.15, 0.2) is 97.9 Å². The lowest BCUT2D eigenvalue weighted by Gasteiger charge is -2.42. The van der Waals surface area contributed by atoms with Crippen LogP contribution in [0.4, 0.5) is 0 Å². The molecule has 4 aromatic rings. The first kappa shape index (κ1) is 25.6. The maximum atomic E-state index is 14.0. The highest BCUT2D eigenvalue weighted by Gasteiger charge is 2.45. The van der Waals surface area contributed by atoms with Crippen LogP contribution >= 0.6 is 11.3 Å². The summed E-state index contributed by atoms with van der Waals surface area (Å²) in [5.41, 5.74) is 1.24. The molecule has 2 aliphatic rings. The van der Waals surface area contributed by atoms with Crippen LogP contribution in [-0.4, -0.2) is 39.8 Å². The molecule has 202 valence electrons. The topological polar surface area (TPSA) is 95.5 Å². The van der Waals surface area contributed by atoms with E-state index in [2.05, 4.69) is 0 Å². The molecule has 4 heterocycles. The number of rotatable bonds is 6. The fourth-order valence-corrected chi connectivity index (χ4v) is 8.02. The van der Waals surface area contributed by atoms with Crippen LogP contribution in [0, 0.1) is 6.92 Å². The minimum absolute atomic E-state index is 0.0513. The number of aromatic nitrogens is 3. The zero-order chi connectivity index (χ0) is 27.3. The zero-order valence-corrected chi connectivity index (χ0v) is 23.2. The van der Waals surface area contributed by atoms with Crippen molar-refractivity contribution in [3.05, 3.63) is 115 Å². The number of benzene rings is 2. The van der Waals surface area contributed by atoms with Crippen molar-refractivity contribution in [1.82, 2.24) is 18.2 Å². The predicted octanol–water partition coefficient (Wildman–Crippen LogP) is 3.85. The van der Waals surface area contributed by atoms with Gasteiger partial charge in [0.05, 0.1) is 29.3 Å². The molecule has 2 aromatic heterocycles. The number of fused-ring (bicyclic) bond motifs is 3. The Kier molecular flexibility index (Phi) is 6.44. The zero-order valence-electron chi connectivity index (χ0n) is 21.6. The smallest absolute Gasteiger partial charge is 0.352 e. The number of sulfonamides is 1. The number of allylic oxidation sites excluding steroid dienone is 1. The Morgan fingerprint density at radius 3 is 2.33 bits per heavy atom. The van der Waals surface area contributed by atoms with Gasteiger partial charge in [0.15, 0.2) is 0 Å². The van der Waals surface area contributed by atoms with Crippen molar-refractivity contribution in [2.75, 3.05) is 13.2 Å². The van der Waals surface area contributed by atoms with Gasteiger partial charge in [-0.25, -0.2) is 31.9 Å². The molecule has 11 heteroatoms. The summed E-state index contributed by atoms with van der Waals surface area (Å²) in [5.74, 6) is 0.531. The average Bonchev–Trinajstić information content (AvgIpc) is 3.56. The van der Waals surface area contributed by atoms with Crippen LogP contribution in [0.1, 0.15) is 35.9 Å². The van der Waals surface area contributed by atoms with E-state index in [1.807, 2.05) is 37.4 Å². The first-order valence-corrected chi connectivity index (χ1v) is 15.1. The Balaban J connectivity index is 1.52. The predicted molar refractivity (Wildman–Crippen MR) is 149 cm³/mol. The summed E-state index contributed by atoms with van der Waals surface area (Å²) in [7, 11) is -3.89. The second kappa shape index (κ2) is 9.82. The largest absolute Gasteiger partial charge is 0.496 e. The number of nitrogens with zero attached hydrogens (tertiary/aromatic N) is 4. The molecule has 6 rings (SSSR count). The number of aryl methyl sites for hydroxylation is 1. The molecule has 0 saturated carbocycles. The molecule has 2 aromatic carbocycles. The molecule has 0 bridgehead atoms. The van der Waals surface area contributed by atoms with E-state index >= 15 is 0 Å². The normalized spacial score (nSPS) is 19.5. The van der Waals surface area contributed by atoms with E-state index in [4.69, 9.17) is 4.74 Å². The molecule has 0 spiro atoms. The molecule has 39 heavy (non-hydrogen) atoms. The molecule has 1 fully saturated rings. The SMILES string of the molecule is CCOC1=C2CN(S(=O)(=O)c3ccc(C)cc3)[C@H](c3cccs3)C[C@H]2n2c(=O)n(-c3ccccc3)c(=O)n2C1. The van der Waals surface area contributed by atoms with Gasteiger partial charge in [0.2, 0.25) is 10.0 Å². The molecule has 0 radical (unpaired) electrons. The lowest BCUT2D eigenvalue weighted by Crippen LogP contribution is -2.48. The molecule has 0 N–H and O–H groups in total. The molecule has 2 atom stereocenters. The van der Waals surface area contributed by atoms with E-state index in [1.54, 1.807) is 48.5 Å². The standard InChI is InChI=1S/C28H28N4O5S2/c1-3-37-25-18-29-27(33)31(20-8-5-4-6-9-20)28(34)32(29)23-16-24(26-10-7-15-38-26)30(17-22(23)25)39(35,36)21-13-11-19(2)12-14-21/h4-15,23-24H,3,16-18H2,1-2H3/t23-,24+/m1/s1. The summed E-state index contributed by atoms with van der Waals surface area (Å²) < 4.78 is 39.7. The monoisotopic (exact) mass is 564 g/mol. The van der Waals surface area contributed by atoms with Gasteiger partial charge in [-0.15, -0.1) is 11.3 Å². The van der Waals surface area contributed by atoms with Crippen LogP contribution in [-0.2, 0) is 21.3 Å². The van der Waals surface area contributed by atoms with Crippen molar-refractivity contribution in [2.24, 2.45) is 0 Å². The molecule has 1 saturated heterocycles. The van der Waals surface area contributed by atoms with Gasteiger partial charge in [0.1, 0.15) is 12.3 Å². The summed E-state index contributed by atoms with van der Waals surface area (Å²) in [4.78, 5) is 28.4. The third-order valence-electron chi connectivity index (χ3n) is 7.36. The van der Waals surface area contributed by atoms with E-state index in [1.165, 1.54) is 29.6 Å². The van der Waals surface area contributed by atoms with Gasteiger partial charge in [-0.05, 0) is 56.0 Å². The first-order valence-electron chi connectivity index (χ1n) is 12.8. The van der Waals surface area contributed by atoms with E-state index in [9.17, 15) is 18.0 Å². The molecular weight excluding hydrogens is 536 g/mol. The van der Waals surface area contributed by atoms with Crippen molar-refractivity contribution in [1.29, 1.82) is 0 Å². The Hall–Kier alpha value is -3.67. The fourth-order valence-electron chi connectivity index (χ4n) is 5.50. The number of para-hydroxylation sites is 1. The van der Waals surface area contributed by atoms with Crippen LogP contribution in [0.25, 0.3) is 5.69 Å². The van der Waals surface area contributed by atoms with Crippen molar-refractivity contribution >= 4 is 21.4 Å². The Labute approximate surface area is 229 Å². The minimum Gasteiger partial charge on any atom is -0.496 e. The van der Waals surface area contributed by atoms with E-state index < -0.39 is 33.5 Å². The number of ether oxygens (including phenoxy) is 1. The highest BCUT2D eigenvalue weighted by Crippen LogP contribution is 2.45. The molecule has 0 amide bonds. The number of hydrogen-bond donors (Lipinski definition) is 0. The fraction of sp³-hybridized carbons (Fsp3) is 0.286. The van der Waals surface area contributed by atoms with Crippen molar-refractivity contribution in [2.45, 2.75) is 43.8 Å². The summed E-state index contributed by atoms with van der Waals surface area (Å²) in [6.07, 6.45) is 0.287.